The summed E-state index contributed by atoms with van der Waals surface area (Å²) in [5.41, 5.74) is 29.4. The van der Waals surface area contributed by atoms with Crippen LogP contribution < -0.4 is 0 Å². The molecule has 0 saturated carbocycles. The molecule has 0 unspecified atom stereocenters. The molecule has 1 heterocycles. The molecule has 2 nitrogen and oxygen atoms in total. The Hall–Kier alpha value is -2.92. The molecule has 2 aromatic carbocycles. The van der Waals surface area contributed by atoms with E-state index in [2.05, 4.69) is 91.5 Å². The largest absolute Gasteiger partial charge is 0.493 e. The van der Waals surface area contributed by atoms with Gasteiger partial charge in [0.25, 0.3) is 0 Å². The topological polar surface area (TPSA) is 25.3 Å². The Bertz CT molecular complexity index is 1690. The number of hydrogen-bond acceptors (Lipinski definition) is 0. The van der Waals surface area contributed by atoms with Gasteiger partial charge in [-0.05, 0) is 154 Å². The lowest BCUT2D eigenvalue weighted by molar-refractivity contribution is -0.345. The zero-order valence-electron chi connectivity index (χ0n) is 44.4. The number of nitrogens with zero attached hydrogens (tertiary/aromatic N) is 2. The number of aryl methyl sites for hydroxylation is 4. The van der Waals surface area contributed by atoms with E-state index in [0.717, 1.165) is 68.3 Å². The Morgan fingerprint density at radius 1 is 0.354 bits per heavy atom. The van der Waals surface area contributed by atoms with Crippen LogP contribution in [0.1, 0.15) is 299 Å². The van der Waals surface area contributed by atoms with Gasteiger partial charge in [-0.1, -0.05) is 202 Å². The molecular formula is C63H102N2. The molecule has 0 aliphatic carbocycles. The summed E-state index contributed by atoms with van der Waals surface area (Å²) in [6.07, 6.45) is 45.1. The van der Waals surface area contributed by atoms with E-state index >= 15 is 0 Å². The van der Waals surface area contributed by atoms with Crippen LogP contribution in [0, 0.1) is 11.8 Å². The monoisotopic (exact) mass is 887 g/mol. The van der Waals surface area contributed by atoms with Crippen LogP contribution in [-0.4, -0.2) is 4.70 Å². The van der Waals surface area contributed by atoms with Crippen molar-refractivity contribution in [3.05, 3.63) is 85.5 Å². The molecule has 2 heteroatoms. The molecule has 0 fully saturated rings. The van der Waals surface area contributed by atoms with Crippen LogP contribution in [0.2, 0.25) is 0 Å². The van der Waals surface area contributed by atoms with Crippen LogP contribution in [0.4, 0.5) is 0 Å². The minimum absolute atomic E-state index is 0.922. The average molecular weight is 888 g/mol. The fourth-order valence-electron chi connectivity index (χ4n) is 10.4. The van der Waals surface area contributed by atoms with E-state index in [0.29, 0.717) is 0 Å². The first-order valence-corrected chi connectivity index (χ1v) is 28.7. The second-order valence-corrected chi connectivity index (χ2v) is 20.1. The molecule has 0 aromatic heterocycles. The van der Waals surface area contributed by atoms with Gasteiger partial charge in [0.05, 0.1) is 0 Å². The van der Waals surface area contributed by atoms with Crippen LogP contribution in [0.25, 0.3) is 16.9 Å². The van der Waals surface area contributed by atoms with Gasteiger partial charge in [-0.15, -0.1) is 0 Å². The predicted molar refractivity (Wildman–Crippen MR) is 289 cm³/mol. The van der Waals surface area contributed by atoms with Crippen molar-refractivity contribution in [2.24, 2.45) is 0 Å². The van der Waals surface area contributed by atoms with Crippen LogP contribution in [0.5, 0.6) is 0 Å². The SMILES string of the molecule is CCCCCCCCCC#CC1=C(c2cc(CCCCC)c(CCCCC)c(CCCCC)c2)[N+](=[N-])C(c2cc(CCCCC)c(CCCCC)c(CCCCC)c2)=C1CCCCCC. The summed E-state index contributed by atoms with van der Waals surface area (Å²) in [5, 5.41) is 0. The maximum Gasteiger partial charge on any atom is 0.223 e. The first-order chi connectivity index (χ1) is 31.9. The highest BCUT2D eigenvalue weighted by atomic mass is 15.2. The molecule has 0 amide bonds. The third-order valence-corrected chi connectivity index (χ3v) is 14.3. The smallest absolute Gasteiger partial charge is 0.223 e. The second kappa shape index (κ2) is 35.3. The molecular weight excluding hydrogens is 785 g/mol. The van der Waals surface area contributed by atoms with Gasteiger partial charge in [0.2, 0.25) is 11.4 Å². The molecule has 2 aromatic rings. The maximum absolute atomic E-state index is 13.2. The van der Waals surface area contributed by atoms with E-state index in [1.54, 1.807) is 15.8 Å². The Balaban J connectivity index is 2.39. The van der Waals surface area contributed by atoms with Gasteiger partial charge < -0.3 is 5.53 Å². The fraction of sp³-hybridized carbons (Fsp3) is 0.714. The van der Waals surface area contributed by atoms with Crippen LogP contribution in [0.15, 0.2) is 35.4 Å². The van der Waals surface area contributed by atoms with E-state index in [4.69, 9.17) is 0 Å². The highest BCUT2D eigenvalue weighted by Crippen LogP contribution is 2.44. The standard InChI is InChI=1S/C63H102N2/c1-9-17-25-27-28-29-30-31-39-47-61-60(46-38-26-18-10-2)62(56-48-52(40-32-19-11-3)58(44-36-23-15-7)53(49-56)41-33-20-12-4)65(64)63(61)57-50-54(42-34-21-13-5)59(45-37-24-16-8)55(51-57)43-35-22-14-6/h48-51H,9-38,40-46H2,1-8H3. The molecule has 0 atom stereocenters. The van der Waals surface area contributed by atoms with Crippen molar-refractivity contribution < 1.29 is 4.70 Å². The van der Waals surface area contributed by atoms with E-state index in [9.17, 15) is 5.53 Å². The number of unbranched alkanes of at least 4 members (excludes halogenated alkanes) is 22. The van der Waals surface area contributed by atoms with E-state index in [1.807, 2.05) is 0 Å². The lowest BCUT2D eigenvalue weighted by atomic mass is 9.86. The van der Waals surface area contributed by atoms with Gasteiger partial charge in [0.1, 0.15) is 5.57 Å². The number of hydrogen-bond donors (Lipinski definition) is 0. The molecule has 1 aliphatic heterocycles. The Morgan fingerprint density at radius 3 is 1.06 bits per heavy atom. The number of benzene rings is 2. The first-order valence-electron chi connectivity index (χ1n) is 28.7. The van der Waals surface area contributed by atoms with Crippen molar-refractivity contribution in [2.45, 2.75) is 293 Å². The molecule has 0 spiro atoms. The van der Waals surface area contributed by atoms with Crippen molar-refractivity contribution in [3.63, 3.8) is 0 Å². The van der Waals surface area contributed by atoms with E-state index in [-0.39, 0.29) is 0 Å². The third-order valence-electron chi connectivity index (χ3n) is 14.3. The van der Waals surface area contributed by atoms with Gasteiger partial charge in [0, 0.05) is 23.1 Å². The summed E-state index contributed by atoms with van der Waals surface area (Å²) in [4.78, 5) is 0. The van der Waals surface area contributed by atoms with Crippen LogP contribution >= 0.6 is 0 Å². The molecule has 364 valence electrons. The summed E-state index contributed by atoms with van der Waals surface area (Å²) in [6, 6.07) is 10.1. The van der Waals surface area contributed by atoms with Gasteiger partial charge in [-0.3, -0.25) is 0 Å². The summed E-state index contributed by atoms with van der Waals surface area (Å²) in [5.74, 6) is 7.65. The van der Waals surface area contributed by atoms with Gasteiger partial charge in [0.15, 0.2) is 0 Å². The van der Waals surface area contributed by atoms with Crippen molar-refractivity contribution in [3.8, 4) is 11.8 Å². The van der Waals surface area contributed by atoms with Crippen LogP contribution in [0.3, 0.4) is 0 Å². The van der Waals surface area contributed by atoms with E-state index in [1.165, 1.54) is 225 Å². The Morgan fingerprint density at radius 2 is 0.662 bits per heavy atom. The lowest BCUT2D eigenvalue weighted by Crippen LogP contribution is -2.09. The maximum atomic E-state index is 13.2. The highest BCUT2D eigenvalue weighted by molar-refractivity contribution is 5.86. The quantitative estimate of drug-likeness (QED) is 0.0365. The van der Waals surface area contributed by atoms with Crippen molar-refractivity contribution >= 4 is 11.4 Å². The lowest BCUT2D eigenvalue weighted by Gasteiger charge is -2.20. The second-order valence-electron chi connectivity index (χ2n) is 20.1. The first kappa shape index (κ1) is 56.4. The van der Waals surface area contributed by atoms with Crippen LogP contribution in [-0.2, 0) is 38.5 Å². The molecule has 65 heavy (non-hydrogen) atoms. The zero-order chi connectivity index (χ0) is 46.9. The summed E-state index contributed by atoms with van der Waals surface area (Å²) in [6.45, 7) is 18.6. The highest BCUT2D eigenvalue weighted by Gasteiger charge is 2.36. The Labute approximate surface area is 404 Å². The van der Waals surface area contributed by atoms with Gasteiger partial charge >= 0.3 is 0 Å². The van der Waals surface area contributed by atoms with Gasteiger partial charge in [-0.25, -0.2) is 4.70 Å². The molecule has 0 bridgehead atoms. The third kappa shape index (κ3) is 19.7. The van der Waals surface area contributed by atoms with Gasteiger partial charge in [-0.2, -0.15) is 0 Å². The van der Waals surface area contributed by atoms with Crippen molar-refractivity contribution in [1.29, 1.82) is 0 Å². The zero-order valence-corrected chi connectivity index (χ0v) is 44.4. The summed E-state index contributed by atoms with van der Waals surface area (Å²) in [7, 11) is 0. The Kier molecular flexibility index (Phi) is 30.6. The molecule has 1 aliphatic rings. The average Bonchev–Trinajstić information content (AvgIpc) is 3.58. The molecule has 0 radical (unpaired) electrons. The normalized spacial score (nSPS) is 12.8. The van der Waals surface area contributed by atoms with Crippen molar-refractivity contribution in [1.82, 2.24) is 0 Å². The summed E-state index contributed by atoms with van der Waals surface area (Å²) >= 11 is 0. The molecule has 3 rings (SSSR count). The fourth-order valence-corrected chi connectivity index (χ4v) is 10.4. The molecule has 0 N–H and O–H groups in total. The van der Waals surface area contributed by atoms with Crippen molar-refractivity contribution in [2.75, 3.05) is 0 Å². The minimum atomic E-state index is 0.922. The number of allylic oxidation sites excluding steroid dienone is 2. The predicted octanol–water partition coefficient (Wildman–Crippen LogP) is 20.4. The van der Waals surface area contributed by atoms with E-state index < -0.39 is 0 Å². The number of rotatable bonds is 38. The molecule has 0 saturated heterocycles. The summed E-state index contributed by atoms with van der Waals surface area (Å²) < 4.78 is 1.68. The minimum Gasteiger partial charge on any atom is -0.493 e.